The van der Waals surface area contributed by atoms with Gasteiger partial charge in [0.2, 0.25) is 0 Å². The van der Waals surface area contributed by atoms with Crippen LogP contribution in [0.4, 0.5) is 0 Å². The van der Waals surface area contributed by atoms with Crippen molar-refractivity contribution in [1.29, 1.82) is 0 Å². The molecule has 1 aliphatic carbocycles. The van der Waals surface area contributed by atoms with E-state index in [-0.39, 0.29) is 0 Å². The van der Waals surface area contributed by atoms with Crippen LogP contribution in [0.2, 0.25) is 0 Å². The van der Waals surface area contributed by atoms with Gasteiger partial charge in [-0.25, -0.2) is 0 Å². The zero-order valence-electron chi connectivity index (χ0n) is 8.86. The largest absolute Gasteiger partial charge is 0.307 e. The SMILES string of the molecule is Brc1ccn2c(CNC3CCC3)nnc2c1. The first-order valence-corrected chi connectivity index (χ1v) is 6.35. The lowest BCUT2D eigenvalue weighted by Crippen LogP contribution is -2.35. The Balaban J connectivity index is 1.80. The van der Waals surface area contributed by atoms with E-state index in [9.17, 15) is 0 Å². The van der Waals surface area contributed by atoms with E-state index in [1.807, 2.05) is 22.7 Å². The molecule has 0 saturated heterocycles. The molecule has 2 aromatic heterocycles. The number of pyridine rings is 1. The summed E-state index contributed by atoms with van der Waals surface area (Å²) in [6.07, 6.45) is 5.94. The summed E-state index contributed by atoms with van der Waals surface area (Å²) in [4.78, 5) is 0. The molecule has 0 radical (unpaired) electrons. The van der Waals surface area contributed by atoms with Gasteiger partial charge < -0.3 is 5.32 Å². The van der Waals surface area contributed by atoms with Gasteiger partial charge in [0.15, 0.2) is 11.5 Å². The fraction of sp³-hybridized carbons (Fsp3) is 0.455. The van der Waals surface area contributed by atoms with Crippen molar-refractivity contribution in [3.8, 4) is 0 Å². The number of halogens is 1. The molecule has 1 N–H and O–H groups in total. The minimum atomic E-state index is 0.683. The van der Waals surface area contributed by atoms with E-state index in [0.717, 1.165) is 22.5 Å². The van der Waals surface area contributed by atoms with Crippen LogP contribution in [0.3, 0.4) is 0 Å². The molecule has 0 spiro atoms. The van der Waals surface area contributed by atoms with Crippen LogP contribution in [0.15, 0.2) is 22.8 Å². The monoisotopic (exact) mass is 280 g/mol. The number of nitrogens with zero attached hydrogens (tertiary/aromatic N) is 3. The van der Waals surface area contributed by atoms with Crippen LogP contribution in [0, 0.1) is 0 Å². The lowest BCUT2D eigenvalue weighted by atomic mass is 9.93. The second-order valence-corrected chi connectivity index (χ2v) is 5.11. The van der Waals surface area contributed by atoms with Crippen LogP contribution in [-0.4, -0.2) is 20.6 Å². The lowest BCUT2D eigenvalue weighted by Gasteiger charge is -2.26. The predicted molar refractivity (Wildman–Crippen MR) is 65.2 cm³/mol. The third-order valence-electron chi connectivity index (χ3n) is 3.10. The van der Waals surface area contributed by atoms with Gasteiger partial charge in [0.25, 0.3) is 0 Å². The van der Waals surface area contributed by atoms with Crippen LogP contribution in [-0.2, 0) is 6.54 Å². The van der Waals surface area contributed by atoms with E-state index in [0.29, 0.717) is 6.04 Å². The Morgan fingerprint density at radius 2 is 2.31 bits per heavy atom. The van der Waals surface area contributed by atoms with Crippen LogP contribution in [0.1, 0.15) is 25.1 Å². The van der Waals surface area contributed by atoms with Gasteiger partial charge in [-0.2, -0.15) is 0 Å². The van der Waals surface area contributed by atoms with E-state index < -0.39 is 0 Å². The van der Waals surface area contributed by atoms with Crippen LogP contribution < -0.4 is 5.32 Å². The summed E-state index contributed by atoms with van der Waals surface area (Å²) in [5, 5.41) is 11.8. The molecule has 2 heterocycles. The summed E-state index contributed by atoms with van der Waals surface area (Å²) in [5.74, 6) is 0.981. The average molecular weight is 281 g/mol. The van der Waals surface area contributed by atoms with Crippen molar-refractivity contribution in [1.82, 2.24) is 19.9 Å². The first-order chi connectivity index (χ1) is 7.83. The van der Waals surface area contributed by atoms with Crippen molar-refractivity contribution < 1.29 is 0 Å². The second-order valence-electron chi connectivity index (χ2n) is 4.20. The number of nitrogens with one attached hydrogen (secondary N) is 1. The normalized spacial score (nSPS) is 16.6. The molecule has 0 bridgehead atoms. The van der Waals surface area contributed by atoms with Crippen molar-refractivity contribution in [3.63, 3.8) is 0 Å². The fourth-order valence-electron chi connectivity index (χ4n) is 1.88. The molecule has 0 aromatic carbocycles. The Morgan fingerprint density at radius 1 is 1.44 bits per heavy atom. The number of rotatable bonds is 3. The second kappa shape index (κ2) is 4.14. The zero-order valence-corrected chi connectivity index (χ0v) is 10.4. The molecule has 0 aliphatic heterocycles. The van der Waals surface area contributed by atoms with E-state index in [1.54, 1.807) is 0 Å². The molecule has 0 atom stereocenters. The number of aromatic nitrogens is 3. The topological polar surface area (TPSA) is 42.2 Å². The molecule has 1 aliphatic rings. The van der Waals surface area contributed by atoms with Gasteiger partial charge in [-0.3, -0.25) is 4.40 Å². The lowest BCUT2D eigenvalue weighted by molar-refractivity contribution is 0.335. The first-order valence-electron chi connectivity index (χ1n) is 5.55. The molecule has 2 aromatic rings. The maximum absolute atomic E-state index is 4.20. The third kappa shape index (κ3) is 1.85. The molecule has 5 heteroatoms. The summed E-state index contributed by atoms with van der Waals surface area (Å²) >= 11 is 3.43. The summed E-state index contributed by atoms with van der Waals surface area (Å²) in [7, 11) is 0. The quantitative estimate of drug-likeness (QED) is 0.937. The van der Waals surface area contributed by atoms with Crippen molar-refractivity contribution >= 4 is 21.6 Å². The smallest absolute Gasteiger partial charge is 0.161 e. The first kappa shape index (κ1) is 10.2. The maximum Gasteiger partial charge on any atom is 0.161 e. The Morgan fingerprint density at radius 3 is 3.06 bits per heavy atom. The summed E-state index contributed by atoms with van der Waals surface area (Å²) in [5.41, 5.74) is 0.889. The highest BCUT2D eigenvalue weighted by molar-refractivity contribution is 9.10. The summed E-state index contributed by atoms with van der Waals surface area (Å²) in [6.45, 7) is 0.799. The van der Waals surface area contributed by atoms with Crippen molar-refractivity contribution in [2.24, 2.45) is 0 Å². The minimum Gasteiger partial charge on any atom is -0.307 e. The highest BCUT2D eigenvalue weighted by Crippen LogP contribution is 2.18. The average Bonchev–Trinajstić information content (AvgIpc) is 2.58. The van der Waals surface area contributed by atoms with Crippen LogP contribution >= 0.6 is 15.9 Å². The van der Waals surface area contributed by atoms with Crippen molar-refractivity contribution in [3.05, 3.63) is 28.6 Å². The third-order valence-corrected chi connectivity index (χ3v) is 3.59. The Bertz CT molecular complexity index is 504. The molecule has 0 unspecified atom stereocenters. The molecule has 16 heavy (non-hydrogen) atoms. The van der Waals surface area contributed by atoms with Gasteiger partial charge in [0, 0.05) is 16.7 Å². The van der Waals surface area contributed by atoms with E-state index in [1.165, 1.54) is 19.3 Å². The van der Waals surface area contributed by atoms with Gasteiger partial charge in [0.1, 0.15) is 0 Å². The zero-order chi connectivity index (χ0) is 11.0. The van der Waals surface area contributed by atoms with E-state index in [2.05, 4.69) is 31.4 Å². The highest BCUT2D eigenvalue weighted by Gasteiger charge is 2.17. The van der Waals surface area contributed by atoms with Gasteiger partial charge in [-0.05, 0) is 25.0 Å². The molecule has 4 nitrogen and oxygen atoms in total. The van der Waals surface area contributed by atoms with Gasteiger partial charge in [0.05, 0.1) is 6.54 Å². The molecule has 1 saturated carbocycles. The Hall–Kier alpha value is -0.940. The van der Waals surface area contributed by atoms with E-state index in [4.69, 9.17) is 0 Å². The molecular weight excluding hydrogens is 268 g/mol. The summed E-state index contributed by atoms with van der Waals surface area (Å²) in [6, 6.07) is 4.66. The van der Waals surface area contributed by atoms with Crippen molar-refractivity contribution in [2.45, 2.75) is 31.8 Å². The highest BCUT2D eigenvalue weighted by atomic mass is 79.9. The molecule has 3 rings (SSSR count). The van der Waals surface area contributed by atoms with Gasteiger partial charge in [-0.1, -0.05) is 22.4 Å². The van der Waals surface area contributed by atoms with E-state index >= 15 is 0 Å². The van der Waals surface area contributed by atoms with Crippen LogP contribution in [0.25, 0.3) is 5.65 Å². The molecule has 0 amide bonds. The van der Waals surface area contributed by atoms with Gasteiger partial charge in [-0.15, -0.1) is 10.2 Å². The number of hydrogen-bond acceptors (Lipinski definition) is 3. The molecule has 84 valence electrons. The van der Waals surface area contributed by atoms with Gasteiger partial charge >= 0.3 is 0 Å². The number of hydrogen-bond donors (Lipinski definition) is 1. The van der Waals surface area contributed by atoms with Crippen LogP contribution in [0.5, 0.6) is 0 Å². The Labute approximate surface area is 102 Å². The molecule has 1 fully saturated rings. The van der Waals surface area contributed by atoms with Crippen molar-refractivity contribution in [2.75, 3.05) is 0 Å². The minimum absolute atomic E-state index is 0.683. The molecular formula is C11H13BrN4. The number of fused-ring (bicyclic) bond motifs is 1. The Kier molecular flexibility index (Phi) is 2.65. The maximum atomic E-state index is 4.20. The standard InChI is InChI=1S/C11H13BrN4/c12-8-4-5-16-10(6-8)14-15-11(16)7-13-9-2-1-3-9/h4-6,9,13H,1-3,7H2. The fourth-order valence-corrected chi connectivity index (χ4v) is 2.21. The predicted octanol–water partition coefficient (Wildman–Crippen LogP) is 2.13. The summed E-state index contributed by atoms with van der Waals surface area (Å²) < 4.78 is 3.06.